The van der Waals surface area contributed by atoms with Gasteiger partial charge in [0.15, 0.2) is 0 Å². The van der Waals surface area contributed by atoms with Gasteiger partial charge < -0.3 is 28.1 Å². The first-order valence-corrected chi connectivity index (χ1v) is 15.1. The molecule has 0 aromatic carbocycles. The Labute approximate surface area is 244 Å². The molecule has 0 spiro atoms. The Bertz CT molecular complexity index is 1130. The predicted octanol–water partition coefficient (Wildman–Crippen LogP) is 6.24. The van der Waals surface area contributed by atoms with E-state index in [0.717, 1.165) is 24.0 Å². The smallest absolute Gasteiger partial charge is 0.330 e. The molecule has 1 unspecified atom stereocenters. The molecule has 39 heavy (non-hydrogen) atoms. The molecule has 4 aliphatic heterocycles. The maximum absolute atomic E-state index is 13.0. The SMILES string of the molecule is C=C1CC2C[C@H]3CCO[C@H](O3)c3coc(n3)/C=C/C[C@@H]3O[C@H](/C(C)=C/I)[C@H](C)[C@@H](OC(=O)/C=C/[C@@H](C1)O2)[C@H]3C. The second kappa shape index (κ2) is 12.8. The van der Waals surface area contributed by atoms with Crippen LogP contribution in [0.25, 0.3) is 6.08 Å². The molecule has 4 aliphatic rings. The van der Waals surface area contributed by atoms with Crippen molar-refractivity contribution in [2.24, 2.45) is 11.8 Å². The second-order valence-corrected chi connectivity index (χ2v) is 11.7. The monoisotopic (exact) mass is 651 g/mol. The molecule has 5 heterocycles. The molecule has 1 aromatic rings. The molecule has 1 aromatic heterocycles. The van der Waals surface area contributed by atoms with Gasteiger partial charge in [0.1, 0.15) is 18.1 Å². The van der Waals surface area contributed by atoms with Crippen molar-refractivity contribution in [3.63, 3.8) is 0 Å². The summed E-state index contributed by atoms with van der Waals surface area (Å²) in [4.78, 5) is 17.6. The van der Waals surface area contributed by atoms with E-state index >= 15 is 0 Å². The van der Waals surface area contributed by atoms with Crippen molar-refractivity contribution in [2.45, 2.75) is 95.8 Å². The van der Waals surface area contributed by atoms with E-state index in [1.807, 2.05) is 22.3 Å². The van der Waals surface area contributed by atoms with Crippen LogP contribution < -0.4 is 0 Å². The highest BCUT2D eigenvalue weighted by molar-refractivity contribution is 14.1. The van der Waals surface area contributed by atoms with Gasteiger partial charge in [-0.15, -0.1) is 0 Å². The molecule has 3 fully saturated rings. The van der Waals surface area contributed by atoms with Gasteiger partial charge in [0.2, 0.25) is 12.2 Å². The fourth-order valence-electron chi connectivity index (χ4n) is 6.01. The summed E-state index contributed by atoms with van der Waals surface area (Å²) in [5, 5.41) is 0. The van der Waals surface area contributed by atoms with Gasteiger partial charge in [-0.2, -0.15) is 0 Å². The molecular weight excluding hydrogens is 613 g/mol. The van der Waals surface area contributed by atoms with Crippen LogP contribution in [0.4, 0.5) is 0 Å². The first kappa shape index (κ1) is 28.7. The first-order valence-electron chi connectivity index (χ1n) is 13.8. The van der Waals surface area contributed by atoms with Crippen molar-refractivity contribution >= 4 is 34.6 Å². The summed E-state index contributed by atoms with van der Waals surface area (Å²) in [5.74, 6) is 0.110. The largest absolute Gasteiger partial charge is 0.458 e. The number of halogens is 1. The van der Waals surface area contributed by atoms with E-state index in [-0.39, 0.29) is 54.4 Å². The van der Waals surface area contributed by atoms with Gasteiger partial charge in [-0.1, -0.05) is 54.7 Å². The van der Waals surface area contributed by atoms with Gasteiger partial charge in [-0.3, -0.25) is 0 Å². The van der Waals surface area contributed by atoms with Crippen LogP contribution in [-0.2, 0) is 28.5 Å². The molecular formula is C30H38INO7. The summed E-state index contributed by atoms with van der Waals surface area (Å²) in [6.45, 7) is 11.0. The van der Waals surface area contributed by atoms with Crippen LogP contribution in [0.3, 0.4) is 0 Å². The Morgan fingerprint density at radius 2 is 1.97 bits per heavy atom. The van der Waals surface area contributed by atoms with E-state index in [0.29, 0.717) is 37.5 Å². The summed E-state index contributed by atoms with van der Waals surface area (Å²) in [5.41, 5.74) is 2.83. The molecule has 5 rings (SSSR count). The van der Waals surface area contributed by atoms with E-state index in [2.05, 4.69) is 54.9 Å². The van der Waals surface area contributed by atoms with E-state index in [1.54, 1.807) is 6.26 Å². The first-order chi connectivity index (χ1) is 18.8. The normalized spacial score (nSPS) is 39.9. The molecule has 0 radical (unpaired) electrons. The third kappa shape index (κ3) is 6.93. The highest BCUT2D eigenvalue weighted by atomic mass is 127. The van der Waals surface area contributed by atoms with Gasteiger partial charge in [-0.25, -0.2) is 9.78 Å². The quantitative estimate of drug-likeness (QED) is 0.201. The second-order valence-electron chi connectivity index (χ2n) is 11.1. The summed E-state index contributed by atoms with van der Waals surface area (Å²) in [7, 11) is 0. The molecule has 212 valence electrons. The number of fused-ring (bicyclic) bond motifs is 9. The van der Waals surface area contributed by atoms with Crippen LogP contribution in [0.2, 0.25) is 0 Å². The highest BCUT2D eigenvalue weighted by Gasteiger charge is 2.43. The zero-order valence-corrected chi connectivity index (χ0v) is 25.0. The Morgan fingerprint density at radius 3 is 2.79 bits per heavy atom. The van der Waals surface area contributed by atoms with Crippen molar-refractivity contribution in [2.75, 3.05) is 6.61 Å². The van der Waals surface area contributed by atoms with Crippen molar-refractivity contribution in [1.82, 2.24) is 4.98 Å². The molecule has 8 nitrogen and oxygen atoms in total. The van der Waals surface area contributed by atoms with Gasteiger partial charge in [-0.05, 0) is 54.4 Å². The number of hydrogen-bond acceptors (Lipinski definition) is 8. The van der Waals surface area contributed by atoms with Crippen molar-refractivity contribution in [3.05, 3.63) is 57.9 Å². The van der Waals surface area contributed by atoms with E-state index in [1.165, 1.54) is 6.08 Å². The number of aromatic nitrogens is 1. The van der Waals surface area contributed by atoms with Gasteiger partial charge >= 0.3 is 5.97 Å². The van der Waals surface area contributed by atoms with E-state index in [4.69, 9.17) is 28.1 Å². The maximum atomic E-state index is 13.0. The van der Waals surface area contributed by atoms with Crippen molar-refractivity contribution in [1.29, 1.82) is 0 Å². The Balaban J connectivity index is 1.43. The van der Waals surface area contributed by atoms with E-state index in [9.17, 15) is 4.79 Å². The van der Waals surface area contributed by atoms with Gasteiger partial charge in [0.05, 0.1) is 37.1 Å². The zero-order valence-electron chi connectivity index (χ0n) is 22.8. The standard InChI is InChI=1S/C30H38INO7/c1-17-12-21-8-9-27(33)39-29-19(3)25(38-28(20(29)4)18(2)15-31)6-5-7-26-32-24(16-35-26)30-34-11-10-22(37-30)14-23(13-17)36-21/h5,7-9,15-16,19-23,25,28-30H,1,6,10-14H2,2-4H3/b7-5+,9-8+,18-15+/t19-,20-,21-,22+,23?,25-,28+,29-,30+/m0/s1. The number of hydrogen-bond donors (Lipinski definition) is 0. The van der Waals surface area contributed by atoms with Crippen LogP contribution in [0.15, 0.2) is 50.7 Å². The summed E-state index contributed by atoms with van der Waals surface area (Å²) in [6, 6.07) is 0. The van der Waals surface area contributed by atoms with Crippen molar-refractivity contribution < 1.29 is 32.9 Å². The lowest BCUT2D eigenvalue weighted by molar-refractivity contribution is -0.226. The molecule has 0 saturated carbocycles. The number of carbonyl (C=O) groups is 1. The number of nitrogens with zero attached hydrogens (tertiary/aromatic N) is 1. The zero-order chi connectivity index (χ0) is 27.5. The Morgan fingerprint density at radius 1 is 1.13 bits per heavy atom. The molecule has 9 heteroatoms. The van der Waals surface area contributed by atoms with Crippen LogP contribution in [0, 0.1) is 11.8 Å². The van der Waals surface area contributed by atoms with Crippen LogP contribution in [0.1, 0.15) is 70.7 Å². The fraction of sp³-hybridized carbons (Fsp3) is 0.600. The summed E-state index contributed by atoms with van der Waals surface area (Å²) >= 11 is 2.24. The lowest BCUT2D eigenvalue weighted by Crippen LogP contribution is -2.50. The maximum Gasteiger partial charge on any atom is 0.330 e. The molecule has 3 saturated heterocycles. The Hall–Kier alpha value is -1.79. The lowest BCUT2D eigenvalue weighted by Gasteiger charge is -2.44. The lowest BCUT2D eigenvalue weighted by atomic mass is 9.80. The summed E-state index contributed by atoms with van der Waals surface area (Å²) in [6.07, 6.45) is 10.8. The third-order valence-electron chi connectivity index (χ3n) is 8.08. The van der Waals surface area contributed by atoms with Crippen molar-refractivity contribution in [3.8, 4) is 0 Å². The van der Waals surface area contributed by atoms with Gasteiger partial charge in [0, 0.05) is 24.3 Å². The summed E-state index contributed by atoms with van der Waals surface area (Å²) < 4.78 is 38.8. The molecule has 0 amide bonds. The van der Waals surface area contributed by atoms with E-state index < -0.39 is 6.29 Å². The number of esters is 1. The molecule has 0 aliphatic carbocycles. The molecule has 9 atom stereocenters. The topological polar surface area (TPSA) is 89.3 Å². The predicted molar refractivity (Wildman–Crippen MR) is 154 cm³/mol. The molecule has 8 bridgehead atoms. The average molecular weight is 652 g/mol. The average Bonchev–Trinajstić information content (AvgIpc) is 3.39. The number of ether oxygens (including phenoxy) is 5. The van der Waals surface area contributed by atoms with Crippen LogP contribution in [-0.4, -0.2) is 54.2 Å². The number of rotatable bonds is 1. The molecule has 0 N–H and O–H groups in total. The minimum atomic E-state index is -0.578. The minimum Gasteiger partial charge on any atom is -0.458 e. The third-order valence-corrected chi connectivity index (χ3v) is 9.06. The Kier molecular flexibility index (Phi) is 9.43. The van der Waals surface area contributed by atoms with Crippen LogP contribution >= 0.6 is 22.6 Å². The highest BCUT2D eigenvalue weighted by Crippen LogP contribution is 2.38. The number of carbonyl (C=O) groups excluding carboxylic acids is 1. The number of oxazole rings is 1. The van der Waals surface area contributed by atoms with Gasteiger partial charge in [0.25, 0.3) is 0 Å². The van der Waals surface area contributed by atoms with Crippen LogP contribution in [0.5, 0.6) is 0 Å². The fourth-order valence-corrected chi connectivity index (χ4v) is 6.37. The minimum absolute atomic E-state index is 0.00486.